The molecule has 4 rings (SSSR count). The van der Waals surface area contributed by atoms with Gasteiger partial charge in [0.2, 0.25) is 10.0 Å². The van der Waals surface area contributed by atoms with Crippen LogP contribution in [0.5, 0.6) is 0 Å². The highest BCUT2D eigenvalue weighted by Crippen LogP contribution is 2.22. The molecule has 0 saturated heterocycles. The van der Waals surface area contributed by atoms with E-state index in [1.54, 1.807) is 23.0 Å². The average Bonchev–Trinajstić information content (AvgIpc) is 3.33. The number of aryl methyl sites for hydroxylation is 1. The number of nitrogens with one attached hydrogen (secondary N) is 2. The Morgan fingerprint density at radius 1 is 1.07 bits per heavy atom. The molecule has 4 aromatic rings. The van der Waals surface area contributed by atoms with Crippen LogP contribution in [-0.4, -0.2) is 41.3 Å². The van der Waals surface area contributed by atoms with E-state index >= 15 is 0 Å². The van der Waals surface area contributed by atoms with Crippen molar-refractivity contribution in [1.82, 2.24) is 24.5 Å². The molecule has 0 aliphatic rings. The van der Waals surface area contributed by atoms with Crippen LogP contribution >= 0.6 is 11.3 Å². The third-order valence-electron chi connectivity index (χ3n) is 4.06. The lowest BCUT2D eigenvalue weighted by Gasteiger charge is -2.08. The van der Waals surface area contributed by atoms with Gasteiger partial charge in [0.25, 0.3) is 0 Å². The van der Waals surface area contributed by atoms with Gasteiger partial charge in [-0.15, -0.1) is 11.3 Å². The second kappa shape index (κ2) is 7.66. The molecular weight excluding hydrogens is 396 g/mol. The predicted octanol–water partition coefficient (Wildman–Crippen LogP) is 2.58. The van der Waals surface area contributed by atoms with Gasteiger partial charge < -0.3 is 5.32 Å². The minimum Gasteiger partial charge on any atom is -0.368 e. The van der Waals surface area contributed by atoms with E-state index in [-0.39, 0.29) is 6.54 Å². The molecule has 0 aliphatic heterocycles. The SMILES string of the molecule is Cc1ccc(S(=O)(=O)NCCNc2ncnc3c2cnn3-c2ccccc2)s1. The Balaban J connectivity index is 1.45. The molecule has 2 N–H and O–H groups in total. The number of fused-ring (bicyclic) bond motifs is 1. The number of nitrogens with zero attached hydrogens (tertiary/aromatic N) is 4. The molecule has 0 atom stereocenters. The Morgan fingerprint density at radius 3 is 2.64 bits per heavy atom. The number of rotatable bonds is 7. The number of benzene rings is 1. The average molecular weight is 415 g/mol. The molecule has 0 unspecified atom stereocenters. The van der Waals surface area contributed by atoms with Crippen LogP contribution in [-0.2, 0) is 10.0 Å². The van der Waals surface area contributed by atoms with Crippen molar-refractivity contribution in [2.24, 2.45) is 0 Å². The standard InChI is InChI=1S/C18H18N6O2S2/c1-13-7-8-16(27-13)28(25,26)23-10-9-19-17-15-11-22-24(18(15)21-12-20-17)14-5-3-2-4-6-14/h2-8,11-12,23H,9-10H2,1H3,(H,19,20,21). The lowest BCUT2D eigenvalue weighted by molar-refractivity contribution is 0.585. The van der Waals surface area contributed by atoms with E-state index in [9.17, 15) is 8.42 Å². The van der Waals surface area contributed by atoms with Crippen LogP contribution in [0.25, 0.3) is 16.7 Å². The number of para-hydroxylation sites is 1. The Bertz CT molecular complexity index is 1200. The summed E-state index contributed by atoms with van der Waals surface area (Å²) in [6.07, 6.45) is 3.16. The molecule has 10 heteroatoms. The van der Waals surface area contributed by atoms with Gasteiger partial charge in [-0.3, -0.25) is 0 Å². The third-order valence-corrected chi connectivity index (χ3v) is 7.01. The third kappa shape index (κ3) is 3.75. The first kappa shape index (κ1) is 18.5. The van der Waals surface area contributed by atoms with Crippen molar-refractivity contribution in [3.05, 3.63) is 59.9 Å². The zero-order chi connectivity index (χ0) is 19.6. The van der Waals surface area contributed by atoms with Crippen LogP contribution in [0.4, 0.5) is 5.82 Å². The zero-order valence-electron chi connectivity index (χ0n) is 15.0. The molecule has 8 nitrogen and oxygen atoms in total. The Morgan fingerprint density at radius 2 is 1.89 bits per heavy atom. The molecule has 144 valence electrons. The van der Waals surface area contributed by atoms with E-state index < -0.39 is 10.0 Å². The summed E-state index contributed by atoms with van der Waals surface area (Å²) in [4.78, 5) is 9.54. The van der Waals surface area contributed by atoms with Crippen LogP contribution in [0.1, 0.15) is 4.88 Å². The Kier molecular flexibility index (Phi) is 5.07. The van der Waals surface area contributed by atoms with Crippen LogP contribution in [0.15, 0.2) is 59.2 Å². The van der Waals surface area contributed by atoms with Crippen LogP contribution in [0, 0.1) is 6.92 Å². The monoisotopic (exact) mass is 414 g/mol. The van der Waals surface area contributed by atoms with Gasteiger partial charge in [-0.25, -0.2) is 27.8 Å². The number of hydrogen-bond acceptors (Lipinski definition) is 7. The van der Waals surface area contributed by atoms with Crippen molar-refractivity contribution in [3.8, 4) is 5.69 Å². The Labute approximate surface area is 166 Å². The van der Waals surface area contributed by atoms with Gasteiger partial charge in [0.1, 0.15) is 16.4 Å². The van der Waals surface area contributed by atoms with Crippen molar-refractivity contribution in [1.29, 1.82) is 0 Å². The topological polar surface area (TPSA) is 102 Å². The van der Waals surface area contributed by atoms with E-state index in [1.165, 1.54) is 17.7 Å². The van der Waals surface area contributed by atoms with E-state index in [2.05, 4.69) is 25.1 Å². The minimum absolute atomic E-state index is 0.234. The van der Waals surface area contributed by atoms with Crippen molar-refractivity contribution >= 4 is 38.2 Å². The summed E-state index contributed by atoms with van der Waals surface area (Å²) in [5.41, 5.74) is 1.58. The molecule has 28 heavy (non-hydrogen) atoms. The molecule has 1 aromatic carbocycles. The van der Waals surface area contributed by atoms with Crippen LogP contribution < -0.4 is 10.0 Å². The first-order valence-corrected chi connectivity index (χ1v) is 10.9. The highest BCUT2D eigenvalue weighted by atomic mass is 32.2. The van der Waals surface area contributed by atoms with Crippen LogP contribution in [0.3, 0.4) is 0 Å². The maximum Gasteiger partial charge on any atom is 0.250 e. The molecule has 3 heterocycles. The van der Waals surface area contributed by atoms with E-state index in [0.717, 1.165) is 16.0 Å². The van der Waals surface area contributed by atoms with Gasteiger partial charge in [-0.2, -0.15) is 5.10 Å². The molecular formula is C18H18N6O2S2. The second-order valence-corrected chi connectivity index (χ2v) is 9.32. The molecule has 0 amide bonds. The minimum atomic E-state index is -3.49. The molecule has 0 fully saturated rings. The van der Waals surface area contributed by atoms with Gasteiger partial charge >= 0.3 is 0 Å². The quantitative estimate of drug-likeness (QED) is 0.451. The fourth-order valence-electron chi connectivity index (χ4n) is 2.74. The largest absolute Gasteiger partial charge is 0.368 e. The van der Waals surface area contributed by atoms with Gasteiger partial charge in [0.15, 0.2) is 5.65 Å². The first-order valence-electron chi connectivity index (χ1n) is 8.59. The maximum absolute atomic E-state index is 12.3. The smallest absolute Gasteiger partial charge is 0.250 e. The highest BCUT2D eigenvalue weighted by molar-refractivity contribution is 7.91. The highest BCUT2D eigenvalue weighted by Gasteiger charge is 2.15. The molecule has 0 aliphatic carbocycles. The maximum atomic E-state index is 12.3. The summed E-state index contributed by atoms with van der Waals surface area (Å²) >= 11 is 1.25. The van der Waals surface area contributed by atoms with Gasteiger partial charge in [0, 0.05) is 18.0 Å². The molecule has 0 spiro atoms. The van der Waals surface area contributed by atoms with Crippen molar-refractivity contribution in [2.45, 2.75) is 11.1 Å². The fourth-order valence-corrected chi connectivity index (χ4v) is 5.10. The number of sulfonamides is 1. The lowest BCUT2D eigenvalue weighted by Crippen LogP contribution is -2.28. The summed E-state index contributed by atoms with van der Waals surface area (Å²) in [6, 6.07) is 13.1. The zero-order valence-corrected chi connectivity index (χ0v) is 16.7. The second-order valence-electron chi connectivity index (χ2n) is 6.04. The van der Waals surface area contributed by atoms with E-state index in [1.807, 2.05) is 37.3 Å². The number of hydrogen-bond donors (Lipinski definition) is 2. The lowest BCUT2D eigenvalue weighted by atomic mass is 10.3. The molecule has 0 radical (unpaired) electrons. The van der Waals surface area contributed by atoms with Gasteiger partial charge in [-0.05, 0) is 31.2 Å². The number of aromatic nitrogens is 4. The Hall–Kier alpha value is -2.82. The summed E-state index contributed by atoms with van der Waals surface area (Å²) in [7, 11) is -3.49. The van der Waals surface area contributed by atoms with Crippen molar-refractivity contribution < 1.29 is 8.42 Å². The number of anilines is 1. The molecule has 0 bridgehead atoms. The molecule has 3 aromatic heterocycles. The fraction of sp³-hybridized carbons (Fsp3) is 0.167. The molecule has 0 saturated carbocycles. The summed E-state index contributed by atoms with van der Waals surface area (Å²) in [5, 5.41) is 8.32. The van der Waals surface area contributed by atoms with Gasteiger partial charge in [0.05, 0.1) is 17.3 Å². The van der Waals surface area contributed by atoms with Crippen LogP contribution in [0.2, 0.25) is 0 Å². The summed E-state index contributed by atoms with van der Waals surface area (Å²) < 4.78 is 29.2. The summed E-state index contributed by atoms with van der Waals surface area (Å²) in [6.45, 7) is 2.49. The van der Waals surface area contributed by atoms with Gasteiger partial charge in [-0.1, -0.05) is 18.2 Å². The normalized spacial score (nSPS) is 11.8. The first-order chi connectivity index (χ1) is 13.5. The van der Waals surface area contributed by atoms with Crippen molar-refractivity contribution in [2.75, 3.05) is 18.4 Å². The van der Waals surface area contributed by atoms with E-state index in [4.69, 9.17) is 0 Å². The van der Waals surface area contributed by atoms with E-state index in [0.29, 0.717) is 22.2 Å². The predicted molar refractivity (Wildman–Crippen MR) is 109 cm³/mol. The number of thiophene rings is 1. The summed E-state index contributed by atoms with van der Waals surface area (Å²) in [5.74, 6) is 0.610. The van der Waals surface area contributed by atoms with Crippen molar-refractivity contribution in [3.63, 3.8) is 0 Å².